The van der Waals surface area contributed by atoms with E-state index in [9.17, 15) is 13.2 Å². The second-order valence-corrected chi connectivity index (χ2v) is 5.10. The average molecular weight is 305 g/mol. The number of nitrogens with one attached hydrogen (secondary N) is 2. The van der Waals surface area contributed by atoms with Gasteiger partial charge in [0.05, 0.1) is 12.2 Å². The highest BCUT2D eigenvalue weighted by Gasteiger charge is 2.31. The minimum atomic E-state index is -4.39. The van der Waals surface area contributed by atoms with Crippen LogP contribution in [0.4, 0.5) is 24.8 Å². The number of ether oxygens (including phenoxy) is 1. The van der Waals surface area contributed by atoms with Crippen molar-refractivity contribution < 1.29 is 17.9 Å². The molecule has 1 rings (SSSR count). The first-order chi connectivity index (χ1) is 9.82. The molecule has 0 spiro atoms. The predicted molar refractivity (Wildman–Crippen MR) is 77.5 cm³/mol. The van der Waals surface area contributed by atoms with Crippen molar-refractivity contribution >= 4 is 11.6 Å². The zero-order chi connectivity index (χ0) is 15.9. The van der Waals surface area contributed by atoms with E-state index in [1.807, 2.05) is 0 Å². The molecule has 0 aliphatic carbocycles. The summed E-state index contributed by atoms with van der Waals surface area (Å²) in [5.41, 5.74) is -0.731. The molecule has 0 saturated carbocycles. The molecule has 0 fully saturated rings. The summed E-state index contributed by atoms with van der Waals surface area (Å²) in [6.45, 7) is 5.70. The molecule has 0 aromatic carbocycles. The van der Waals surface area contributed by atoms with Gasteiger partial charge in [0.15, 0.2) is 0 Å². The Labute approximate surface area is 123 Å². The summed E-state index contributed by atoms with van der Waals surface area (Å²) in [7, 11) is 1.53. The van der Waals surface area contributed by atoms with Crippen molar-refractivity contribution in [2.75, 3.05) is 37.4 Å². The van der Waals surface area contributed by atoms with E-state index in [2.05, 4.69) is 29.5 Å². The fraction of sp³-hybridized carbons (Fsp3) is 0.643. The lowest BCUT2D eigenvalue weighted by Crippen LogP contribution is -2.14. The number of anilines is 2. The molecule has 7 heteroatoms. The Morgan fingerprint density at radius 1 is 1.19 bits per heavy atom. The molecule has 0 unspecified atom stereocenters. The van der Waals surface area contributed by atoms with Gasteiger partial charge in [-0.25, -0.2) is 4.98 Å². The molecule has 0 aliphatic heterocycles. The number of halogens is 3. The van der Waals surface area contributed by atoms with Crippen molar-refractivity contribution in [3.8, 4) is 0 Å². The van der Waals surface area contributed by atoms with Crippen LogP contribution in [-0.2, 0) is 10.9 Å². The van der Waals surface area contributed by atoms with E-state index >= 15 is 0 Å². The van der Waals surface area contributed by atoms with Crippen molar-refractivity contribution in [1.82, 2.24) is 4.98 Å². The third-order valence-electron chi connectivity index (χ3n) is 2.80. The molecule has 120 valence electrons. The summed E-state index contributed by atoms with van der Waals surface area (Å²) in [6.07, 6.45) is -3.43. The van der Waals surface area contributed by atoms with Crippen molar-refractivity contribution in [2.45, 2.75) is 26.4 Å². The van der Waals surface area contributed by atoms with Crippen LogP contribution in [0.25, 0.3) is 0 Å². The summed E-state index contributed by atoms with van der Waals surface area (Å²) < 4.78 is 43.6. The van der Waals surface area contributed by atoms with Gasteiger partial charge in [-0.1, -0.05) is 13.8 Å². The predicted octanol–water partition coefficient (Wildman–Crippen LogP) is 3.62. The standard InChI is InChI=1S/C14H22F3N3O/c1-10(2)4-6-21-7-5-19-13-9-11(14(15,16)17)8-12(18-3)20-13/h8-10H,4-7H2,1-3H3,(H2,18,19,20). The van der Waals surface area contributed by atoms with Crippen LogP contribution >= 0.6 is 0 Å². The minimum Gasteiger partial charge on any atom is -0.380 e. The first-order valence-electron chi connectivity index (χ1n) is 6.91. The van der Waals surface area contributed by atoms with Crippen LogP contribution in [-0.4, -0.2) is 31.8 Å². The number of nitrogens with zero attached hydrogens (tertiary/aromatic N) is 1. The van der Waals surface area contributed by atoms with Crippen LogP contribution in [0.1, 0.15) is 25.8 Å². The first kappa shape index (κ1) is 17.6. The van der Waals surface area contributed by atoms with Gasteiger partial charge in [0.2, 0.25) is 0 Å². The Morgan fingerprint density at radius 2 is 1.86 bits per heavy atom. The zero-order valence-electron chi connectivity index (χ0n) is 12.5. The molecule has 1 aromatic rings. The lowest BCUT2D eigenvalue weighted by Gasteiger charge is -2.13. The maximum atomic E-state index is 12.7. The fourth-order valence-corrected chi connectivity index (χ4v) is 1.59. The molecule has 0 amide bonds. The Morgan fingerprint density at radius 3 is 2.43 bits per heavy atom. The zero-order valence-corrected chi connectivity index (χ0v) is 12.5. The van der Waals surface area contributed by atoms with Gasteiger partial charge in [0.25, 0.3) is 0 Å². The minimum absolute atomic E-state index is 0.174. The number of rotatable bonds is 8. The molecule has 0 saturated heterocycles. The van der Waals surface area contributed by atoms with Crippen LogP contribution in [0.2, 0.25) is 0 Å². The molecule has 0 bridgehead atoms. The van der Waals surface area contributed by atoms with Gasteiger partial charge in [-0.3, -0.25) is 0 Å². The van der Waals surface area contributed by atoms with Gasteiger partial charge in [0, 0.05) is 20.2 Å². The van der Waals surface area contributed by atoms with Crippen LogP contribution in [0.5, 0.6) is 0 Å². The smallest absolute Gasteiger partial charge is 0.380 e. The van der Waals surface area contributed by atoms with E-state index in [0.717, 1.165) is 18.6 Å². The Kier molecular flexibility index (Phi) is 6.74. The van der Waals surface area contributed by atoms with Crippen molar-refractivity contribution in [3.63, 3.8) is 0 Å². The van der Waals surface area contributed by atoms with Crippen LogP contribution in [0.15, 0.2) is 12.1 Å². The molecule has 1 aromatic heterocycles. The Bertz CT molecular complexity index is 436. The van der Waals surface area contributed by atoms with Gasteiger partial charge in [-0.05, 0) is 24.5 Å². The number of aromatic nitrogens is 1. The summed E-state index contributed by atoms with van der Waals surface area (Å²) >= 11 is 0. The summed E-state index contributed by atoms with van der Waals surface area (Å²) in [5.74, 6) is 0.927. The number of alkyl halides is 3. The maximum Gasteiger partial charge on any atom is 0.416 e. The van der Waals surface area contributed by atoms with E-state index in [1.165, 1.54) is 7.05 Å². The molecule has 2 N–H and O–H groups in total. The number of pyridine rings is 1. The molecule has 21 heavy (non-hydrogen) atoms. The highest BCUT2D eigenvalue weighted by molar-refractivity contribution is 5.49. The van der Waals surface area contributed by atoms with Gasteiger partial charge < -0.3 is 15.4 Å². The summed E-state index contributed by atoms with van der Waals surface area (Å²) in [4.78, 5) is 4.03. The lowest BCUT2D eigenvalue weighted by atomic mass is 10.1. The molecule has 0 atom stereocenters. The highest BCUT2D eigenvalue weighted by Crippen LogP contribution is 2.31. The monoisotopic (exact) mass is 305 g/mol. The SMILES string of the molecule is CNc1cc(C(F)(F)F)cc(NCCOCCC(C)C)n1. The van der Waals surface area contributed by atoms with E-state index in [0.29, 0.717) is 25.7 Å². The normalized spacial score (nSPS) is 11.8. The first-order valence-corrected chi connectivity index (χ1v) is 6.91. The molecular weight excluding hydrogens is 283 g/mol. The third-order valence-corrected chi connectivity index (χ3v) is 2.80. The highest BCUT2D eigenvalue weighted by atomic mass is 19.4. The van der Waals surface area contributed by atoms with Crippen molar-refractivity contribution in [3.05, 3.63) is 17.7 Å². The van der Waals surface area contributed by atoms with E-state index in [-0.39, 0.29) is 11.6 Å². The fourth-order valence-electron chi connectivity index (χ4n) is 1.59. The van der Waals surface area contributed by atoms with Gasteiger partial charge in [-0.15, -0.1) is 0 Å². The van der Waals surface area contributed by atoms with E-state index in [1.54, 1.807) is 0 Å². The molecular formula is C14H22F3N3O. The average Bonchev–Trinajstić information content (AvgIpc) is 2.41. The second kappa shape index (κ2) is 8.07. The largest absolute Gasteiger partial charge is 0.416 e. The topological polar surface area (TPSA) is 46.2 Å². The van der Waals surface area contributed by atoms with Gasteiger partial charge >= 0.3 is 6.18 Å². The molecule has 0 aliphatic rings. The third kappa shape index (κ3) is 6.66. The Balaban J connectivity index is 2.51. The number of hydrogen-bond acceptors (Lipinski definition) is 4. The second-order valence-electron chi connectivity index (χ2n) is 5.10. The molecule has 4 nitrogen and oxygen atoms in total. The maximum absolute atomic E-state index is 12.7. The van der Waals surface area contributed by atoms with Crippen LogP contribution in [0.3, 0.4) is 0 Å². The quantitative estimate of drug-likeness (QED) is 0.720. The lowest BCUT2D eigenvalue weighted by molar-refractivity contribution is -0.137. The molecule has 1 heterocycles. The van der Waals surface area contributed by atoms with E-state index in [4.69, 9.17) is 4.74 Å². The van der Waals surface area contributed by atoms with Crippen molar-refractivity contribution in [2.24, 2.45) is 5.92 Å². The van der Waals surface area contributed by atoms with Crippen molar-refractivity contribution in [1.29, 1.82) is 0 Å². The summed E-state index contributed by atoms with van der Waals surface area (Å²) in [6, 6.07) is 1.97. The van der Waals surface area contributed by atoms with Gasteiger partial charge in [0.1, 0.15) is 11.6 Å². The van der Waals surface area contributed by atoms with Gasteiger partial charge in [-0.2, -0.15) is 13.2 Å². The van der Waals surface area contributed by atoms with Crippen LogP contribution < -0.4 is 10.6 Å². The number of hydrogen-bond donors (Lipinski definition) is 2. The summed E-state index contributed by atoms with van der Waals surface area (Å²) in [5, 5.41) is 5.46. The molecule has 0 radical (unpaired) electrons. The Hall–Kier alpha value is -1.50. The van der Waals surface area contributed by atoms with E-state index < -0.39 is 11.7 Å². The van der Waals surface area contributed by atoms with Crippen LogP contribution in [0, 0.1) is 5.92 Å².